The molecule has 0 radical (unpaired) electrons. The Morgan fingerprint density at radius 3 is 2.86 bits per heavy atom. The van der Waals surface area contributed by atoms with Crippen molar-refractivity contribution < 1.29 is 9.53 Å². The standard InChI is InChI=1S/C10H20N2O2/c1-14-10(13)4-7-12-8-9-2-5-11-6-3-9/h9,11-12H,2-8H2,1H3. The highest BCUT2D eigenvalue weighted by Gasteiger charge is 2.12. The highest BCUT2D eigenvalue weighted by molar-refractivity contribution is 5.69. The fraction of sp³-hybridized carbons (Fsp3) is 0.900. The van der Waals surface area contributed by atoms with E-state index in [1.54, 1.807) is 0 Å². The second kappa shape index (κ2) is 6.79. The van der Waals surface area contributed by atoms with E-state index in [2.05, 4.69) is 15.4 Å². The molecule has 0 unspecified atom stereocenters. The monoisotopic (exact) mass is 200 g/mol. The van der Waals surface area contributed by atoms with Crippen molar-refractivity contribution in [2.24, 2.45) is 5.92 Å². The maximum Gasteiger partial charge on any atom is 0.306 e. The first kappa shape index (κ1) is 11.5. The third-order valence-electron chi connectivity index (χ3n) is 2.63. The molecule has 1 aliphatic rings. The van der Waals surface area contributed by atoms with Gasteiger partial charge in [-0.1, -0.05) is 0 Å². The smallest absolute Gasteiger partial charge is 0.306 e. The molecule has 0 aromatic carbocycles. The number of carbonyl (C=O) groups excluding carboxylic acids is 1. The minimum absolute atomic E-state index is 0.136. The summed E-state index contributed by atoms with van der Waals surface area (Å²) in [7, 11) is 1.43. The third kappa shape index (κ3) is 4.58. The maximum atomic E-state index is 10.8. The van der Waals surface area contributed by atoms with Crippen molar-refractivity contribution in [1.29, 1.82) is 0 Å². The summed E-state index contributed by atoms with van der Waals surface area (Å²) in [6.45, 7) is 4.02. The Morgan fingerprint density at radius 1 is 1.50 bits per heavy atom. The highest BCUT2D eigenvalue weighted by atomic mass is 16.5. The van der Waals surface area contributed by atoms with Crippen molar-refractivity contribution in [2.75, 3.05) is 33.3 Å². The van der Waals surface area contributed by atoms with Crippen molar-refractivity contribution in [2.45, 2.75) is 19.3 Å². The van der Waals surface area contributed by atoms with E-state index in [0.717, 1.165) is 32.1 Å². The van der Waals surface area contributed by atoms with Gasteiger partial charge in [0.15, 0.2) is 0 Å². The van der Waals surface area contributed by atoms with Crippen LogP contribution in [0, 0.1) is 5.92 Å². The van der Waals surface area contributed by atoms with Crippen molar-refractivity contribution >= 4 is 5.97 Å². The van der Waals surface area contributed by atoms with Crippen molar-refractivity contribution in [1.82, 2.24) is 10.6 Å². The van der Waals surface area contributed by atoms with E-state index < -0.39 is 0 Å². The average Bonchev–Trinajstić information content (AvgIpc) is 2.25. The number of nitrogens with one attached hydrogen (secondary N) is 2. The van der Waals surface area contributed by atoms with Gasteiger partial charge < -0.3 is 15.4 Å². The van der Waals surface area contributed by atoms with Crippen LogP contribution in [0.4, 0.5) is 0 Å². The largest absolute Gasteiger partial charge is 0.469 e. The summed E-state index contributed by atoms with van der Waals surface area (Å²) in [5, 5.41) is 6.62. The first-order chi connectivity index (χ1) is 6.83. The fourth-order valence-electron chi connectivity index (χ4n) is 1.68. The van der Waals surface area contributed by atoms with Gasteiger partial charge in [-0.15, -0.1) is 0 Å². The lowest BCUT2D eigenvalue weighted by atomic mass is 9.98. The minimum atomic E-state index is -0.136. The van der Waals surface area contributed by atoms with Crippen LogP contribution in [-0.2, 0) is 9.53 Å². The Bertz CT molecular complexity index is 168. The van der Waals surface area contributed by atoms with E-state index in [1.165, 1.54) is 20.0 Å². The molecule has 1 rings (SSSR count). The van der Waals surface area contributed by atoms with Gasteiger partial charge in [-0.05, 0) is 38.4 Å². The molecule has 0 bridgehead atoms. The van der Waals surface area contributed by atoms with Gasteiger partial charge in [0, 0.05) is 6.54 Å². The molecule has 1 saturated heterocycles. The van der Waals surface area contributed by atoms with Crippen LogP contribution in [-0.4, -0.2) is 39.3 Å². The molecule has 14 heavy (non-hydrogen) atoms. The topological polar surface area (TPSA) is 50.4 Å². The van der Waals surface area contributed by atoms with Gasteiger partial charge in [0.2, 0.25) is 0 Å². The van der Waals surface area contributed by atoms with Gasteiger partial charge in [0.1, 0.15) is 0 Å². The zero-order chi connectivity index (χ0) is 10.2. The third-order valence-corrected chi connectivity index (χ3v) is 2.63. The summed E-state index contributed by atoms with van der Waals surface area (Å²) >= 11 is 0. The second-order valence-corrected chi connectivity index (χ2v) is 3.72. The van der Waals surface area contributed by atoms with E-state index in [4.69, 9.17) is 0 Å². The van der Waals surface area contributed by atoms with E-state index in [0.29, 0.717) is 6.42 Å². The van der Waals surface area contributed by atoms with Crippen LogP contribution in [0.1, 0.15) is 19.3 Å². The number of hydrogen-bond acceptors (Lipinski definition) is 4. The van der Waals surface area contributed by atoms with Crippen molar-refractivity contribution in [3.05, 3.63) is 0 Å². The zero-order valence-corrected chi connectivity index (χ0v) is 8.84. The Hall–Kier alpha value is -0.610. The lowest BCUT2D eigenvalue weighted by molar-refractivity contribution is -0.140. The van der Waals surface area contributed by atoms with Crippen molar-refractivity contribution in [3.63, 3.8) is 0 Å². The molecule has 0 atom stereocenters. The number of carbonyl (C=O) groups is 1. The summed E-state index contributed by atoms with van der Waals surface area (Å²) in [5.41, 5.74) is 0. The Balaban J connectivity index is 1.94. The summed E-state index contributed by atoms with van der Waals surface area (Å²) < 4.78 is 4.55. The van der Waals surface area contributed by atoms with Gasteiger partial charge in [0.05, 0.1) is 13.5 Å². The van der Waals surface area contributed by atoms with E-state index >= 15 is 0 Å². The Morgan fingerprint density at radius 2 is 2.21 bits per heavy atom. The van der Waals surface area contributed by atoms with E-state index in [-0.39, 0.29) is 5.97 Å². The van der Waals surface area contributed by atoms with Gasteiger partial charge in [-0.3, -0.25) is 4.79 Å². The molecule has 0 aliphatic carbocycles. The molecule has 82 valence electrons. The van der Waals surface area contributed by atoms with Crippen LogP contribution in [0.25, 0.3) is 0 Å². The molecule has 4 nitrogen and oxygen atoms in total. The first-order valence-electron chi connectivity index (χ1n) is 5.31. The Labute approximate surface area is 85.4 Å². The second-order valence-electron chi connectivity index (χ2n) is 3.72. The number of rotatable bonds is 5. The number of hydrogen-bond donors (Lipinski definition) is 2. The molecule has 1 fully saturated rings. The fourth-order valence-corrected chi connectivity index (χ4v) is 1.68. The van der Waals surface area contributed by atoms with Crippen molar-refractivity contribution in [3.8, 4) is 0 Å². The number of piperidine rings is 1. The molecule has 0 amide bonds. The van der Waals surface area contributed by atoms with Gasteiger partial charge in [-0.25, -0.2) is 0 Å². The molecule has 0 aromatic heterocycles. The van der Waals surface area contributed by atoms with Gasteiger partial charge in [-0.2, -0.15) is 0 Å². The SMILES string of the molecule is COC(=O)CCNCC1CCNCC1. The molecule has 1 aliphatic heterocycles. The lowest BCUT2D eigenvalue weighted by Gasteiger charge is -2.22. The predicted molar refractivity (Wildman–Crippen MR) is 55.1 cm³/mol. The number of methoxy groups -OCH3 is 1. The van der Waals surface area contributed by atoms with E-state index in [9.17, 15) is 4.79 Å². The average molecular weight is 200 g/mol. The molecule has 1 heterocycles. The molecule has 4 heteroatoms. The molecule has 0 aromatic rings. The van der Waals surface area contributed by atoms with E-state index in [1.807, 2.05) is 0 Å². The molecule has 0 saturated carbocycles. The van der Waals surface area contributed by atoms with Gasteiger partial charge >= 0.3 is 5.97 Å². The highest BCUT2D eigenvalue weighted by Crippen LogP contribution is 2.09. The molecule has 0 spiro atoms. The van der Waals surface area contributed by atoms with Gasteiger partial charge in [0.25, 0.3) is 0 Å². The molecular formula is C10H20N2O2. The Kier molecular flexibility index (Phi) is 5.56. The zero-order valence-electron chi connectivity index (χ0n) is 8.84. The van der Waals surface area contributed by atoms with Crippen LogP contribution in [0.5, 0.6) is 0 Å². The normalized spacial score (nSPS) is 18.1. The van der Waals surface area contributed by atoms with Crippen LogP contribution in [0.2, 0.25) is 0 Å². The number of ether oxygens (including phenoxy) is 1. The lowest BCUT2D eigenvalue weighted by Crippen LogP contribution is -2.34. The first-order valence-corrected chi connectivity index (χ1v) is 5.31. The summed E-state index contributed by atoms with van der Waals surface area (Å²) in [6.07, 6.45) is 2.96. The number of esters is 1. The maximum absolute atomic E-state index is 10.8. The molecular weight excluding hydrogens is 180 g/mol. The summed E-state index contributed by atoms with van der Waals surface area (Å²) in [5.74, 6) is 0.636. The quantitative estimate of drug-likeness (QED) is 0.489. The van der Waals surface area contributed by atoms with Crippen LogP contribution in [0.15, 0.2) is 0 Å². The van der Waals surface area contributed by atoms with Crippen LogP contribution >= 0.6 is 0 Å². The predicted octanol–water partition coefficient (Wildman–Crippen LogP) is 0.139. The molecule has 2 N–H and O–H groups in total. The van der Waals surface area contributed by atoms with Crippen LogP contribution < -0.4 is 10.6 Å². The van der Waals surface area contributed by atoms with Crippen LogP contribution in [0.3, 0.4) is 0 Å². The minimum Gasteiger partial charge on any atom is -0.469 e. The summed E-state index contributed by atoms with van der Waals surface area (Å²) in [6, 6.07) is 0. The summed E-state index contributed by atoms with van der Waals surface area (Å²) in [4.78, 5) is 10.8.